The molecule has 1 aromatic heterocycles. The molecule has 1 aromatic rings. The normalized spacial score (nSPS) is 42.9. The Morgan fingerprint density at radius 2 is 1.65 bits per heavy atom. The maximum atomic E-state index is 9.69. The predicted molar refractivity (Wildman–Crippen MR) is 64.4 cm³/mol. The molecule has 4 bridgehead atoms. The van der Waals surface area contributed by atoms with Gasteiger partial charge in [0, 0.05) is 25.3 Å². The van der Waals surface area contributed by atoms with Gasteiger partial charge in [0.05, 0.1) is 0 Å². The molecule has 4 aliphatic carbocycles. The molecule has 0 amide bonds. The Kier molecular flexibility index (Phi) is 1.89. The summed E-state index contributed by atoms with van der Waals surface area (Å²) in [5, 5.41) is 9.69. The second kappa shape index (κ2) is 3.24. The van der Waals surface area contributed by atoms with Gasteiger partial charge in [-0.1, -0.05) is 0 Å². The number of hydrogen-bond donors (Lipinski definition) is 1. The van der Waals surface area contributed by atoms with E-state index < -0.39 is 0 Å². The Balaban J connectivity index is 1.77. The zero-order valence-corrected chi connectivity index (χ0v) is 10.2. The highest BCUT2D eigenvalue weighted by Crippen LogP contribution is 2.56. The molecule has 1 heterocycles. The lowest BCUT2D eigenvalue weighted by atomic mass is 9.53. The van der Waals surface area contributed by atoms with Crippen LogP contribution in [0.5, 0.6) is 5.75 Å². The molecule has 0 aromatic carbocycles. The van der Waals surface area contributed by atoms with Gasteiger partial charge in [-0.15, -0.1) is 0 Å². The van der Waals surface area contributed by atoms with Gasteiger partial charge in [-0.25, -0.2) is 0 Å². The van der Waals surface area contributed by atoms with E-state index in [0.29, 0.717) is 11.3 Å². The minimum absolute atomic E-state index is 0.341. The molecular weight excluding hydrogens is 210 g/mol. The fourth-order valence-corrected chi connectivity index (χ4v) is 5.14. The number of pyridine rings is 1. The lowest BCUT2D eigenvalue weighted by Gasteiger charge is -2.53. The fourth-order valence-electron chi connectivity index (χ4n) is 5.14. The van der Waals surface area contributed by atoms with Gasteiger partial charge in [0.15, 0.2) is 17.5 Å². The third-order valence-electron chi connectivity index (χ3n) is 5.34. The number of aromatic hydroxyl groups is 1. The van der Waals surface area contributed by atoms with Crippen LogP contribution >= 0.6 is 0 Å². The minimum Gasteiger partial charge on any atom is -0.503 e. The summed E-state index contributed by atoms with van der Waals surface area (Å²) < 4.78 is 2.33. The molecule has 17 heavy (non-hydrogen) atoms. The van der Waals surface area contributed by atoms with Crippen molar-refractivity contribution in [3.05, 3.63) is 24.5 Å². The molecular formula is C15H20NO+. The van der Waals surface area contributed by atoms with Gasteiger partial charge >= 0.3 is 0 Å². The highest BCUT2D eigenvalue weighted by molar-refractivity contribution is 5.10. The molecule has 0 unspecified atom stereocenters. The van der Waals surface area contributed by atoms with Gasteiger partial charge in [-0.3, -0.25) is 0 Å². The monoisotopic (exact) mass is 230 g/mol. The number of aromatic nitrogens is 1. The van der Waals surface area contributed by atoms with Crippen LogP contribution in [0.25, 0.3) is 0 Å². The van der Waals surface area contributed by atoms with E-state index in [1.807, 2.05) is 12.3 Å². The van der Waals surface area contributed by atoms with Crippen LogP contribution in [0.4, 0.5) is 0 Å². The minimum atomic E-state index is 0.341. The average molecular weight is 230 g/mol. The average Bonchev–Trinajstić information content (AvgIpc) is 2.27. The van der Waals surface area contributed by atoms with Crippen molar-refractivity contribution in [2.45, 2.75) is 44.1 Å². The van der Waals surface area contributed by atoms with Crippen LogP contribution in [0.3, 0.4) is 0 Å². The Hall–Kier alpha value is -1.05. The molecule has 1 N–H and O–H groups in total. The highest BCUT2D eigenvalue weighted by atomic mass is 16.3. The topological polar surface area (TPSA) is 24.1 Å². The molecule has 5 rings (SSSR count). The lowest BCUT2D eigenvalue weighted by Crippen LogP contribution is -2.64. The SMILES string of the molecule is Oc1ccc[n+](C23CC4CC(CC(C4)C2)C3)c1. The summed E-state index contributed by atoms with van der Waals surface area (Å²) in [5.41, 5.74) is 0.341. The van der Waals surface area contributed by atoms with E-state index in [0.717, 1.165) is 17.8 Å². The van der Waals surface area contributed by atoms with Gasteiger partial charge in [0.1, 0.15) is 0 Å². The van der Waals surface area contributed by atoms with E-state index >= 15 is 0 Å². The molecule has 0 spiro atoms. The van der Waals surface area contributed by atoms with E-state index in [1.165, 1.54) is 38.5 Å². The smallest absolute Gasteiger partial charge is 0.211 e. The second-order valence-corrected chi connectivity index (χ2v) is 6.61. The zero-order valence-electron chi connectivity index (χ0n) is 10.2. The Labute approximate surface area is 102 Å². The number of hydrogen-bond acceptors (Lipinski definition) is 1. The van der Waals surface area contributed by atoms with Crippen LogP contribution < -0.4 is 4.57 Å². The van der Waals surface area contributed by atoms with E-state index in [9.17, 15) is 5.11 Å². The summed E-state index contributed by atoms with van der Waals surface area (Å²) in [6.07, 6.45) is 12.5. The van der Waals surface area contributed by atoms with E-state index in [4.69, 9.17) is 0 Å². The van der Waals surface area contributed by atoms with Crippen molar-refractivity contribution in [1.29, 1.82) is 0 Å². The first kappa shape index (κ1) is 9.93. The van der Waals surface area contributed by atoms with Gasteiger partial charge in [0.2, 0.25) is 6.20 Å². The van der Waals surface area contributed by atoms with Gasteiger partial charge in [-0.2, -0.15) is 4.57 Å². The molecule has 0 aliphatic heterocycles. The molecule has 4 saturated carbocycles. The van der Waals surface area contributed by atoms with Crippen LogP contribution in [0.1, 0.15) is 38.5 Å². The van der Waals surface area contributed by atoms with Crippen LogP contribution in [0.15, 0.2) is 24.5 Å². The van der Waals surface area contributed by atoms with Crippen molar-refractivity contribution in [1.82, 2.24) is 0 Å². The number of rotatable bonds is 1. The van der Waals surface area contributed by atoms with Crippen molar-refractivity contribution in [3.63, 3.8) is 0 Å². The van der Waals surface area contributed by atoms with Gasteiger partial charge < -0.3 is 5.11 Å². The third-order valence-corrected chi connectivity index (χ3v) is 5.34. The lowest BCUT2D eigenvalue weighted by molar-refractivity contribution is -0.777. The first-order valence-corrected chi connectivity index (χ1v) is 6.94. The standard InChI is InChI=1S/C15H19NO/c17-14-2-1-3-16(10-14)15-7-11-4-12(8-15)6-13(5-11)9-15/h1-3,10-13H,4-9H2/p+1. The van der Waals surface area contributed by atoms with Crippen LogP contribution in [-0.2, 0) is 5.54 Å². The summed E-state index contributed by atoms with van der Waals surface area (Å²) in [6.45, 7) is 0. The van der Waals surface area contributed by atoms with Crippen molar-refractivity contribution in [3.8, 4) is 5.75 Å². The predicted octanol–water partition coefficient (Wildman–Crippen LogP) is 2.61. The maximum absolute atomic E-state index is 9.69. The number of nitrogens with zero attached hydrogens (tertiary/aromatic N) is 1. The molecule has 4 fully saturated rings. The van der Waals surface area contributed by atoms with Crippen molar-refractivity contribution < 1.29 is 9.67 Å². The molecule has 90 valence electrons. The summed E-state index contributed by atoms with van der Waals surface area (Å²) >= 11 is 0. The summed E-state index contributed by atoms with van der Waals surface area (Å²) in [5.74, 6) is 3.27. The van der Waals surface area contributed by atoms with Gasteiger partial charge in [0.25, 0.3) is 0 Å². The Bertz CT molecular complexity index is 419. The summed E-state index contributed by atoms with van der Waals surface area (Å²) in [6, 6.07) is 3.75. The molecule has 2 heteroatoms. The maximum Gasteiger partial charge on any atom is 0.211 e. The van der Waals surface area contributed by atoms with Crippen molar-refractivity contribution >= 4 is 0 Å². The van der Waals surface area contributed by atoms with Gasteiger partial charge in [-0.05, 0) is 43.1 Å². The van der Waals surface area contributed by atoms with Crippen LogP contribution in [0.2, 0.25) is 0 Å². The Morgan fingerprint density at radius 3 is 2.18 bits per heavy atom. The Morgan fingerprint density at radius 1 is 1.06 bits per heavy atom. The third kappa shape index (κ3) is 1.42. The first-order valence-electron chi connectivity index (χ1n) is 6.94. The van der Waals surface area contributed by atoms with E-state index in [2.05, 4.69) is 10.8 Å². The largest absolute Gasteiger partial charge is 0.503 e. The molecule has 0 atom stereocenters. The fraction of sp³-hybridized carbons (Fsp3) is 0.667. The second-order valence-electron chi connectivity index (χ2n) is 6.61. The molecule has 4 aliphatic rings. The molecule has 0 saturated heterocycles. The summed E-state index contributed by atoms with van der Waals surface area (Å²) in [4.78, 5) is 0. The van der Waals surface area contributed by atoms with E-state index in [-0.39, 0.29) is 0 Å². The van der Waals surface area contributed by atoms with Crippen LogP contribution in [0, 0.1) is 17.8 Å². The van der Waals surface area contributed by atoms with Crippen molar-refractivity contribution in [2.75, 3.05) is 0 Å². The summed E-state index contributed by atoms with van der Waals surface area (Å²) in [7, 11) is 0. The zero-order chi connectivity index (χ0) is 11.5. The van der Waals surface area contributed by atoms with Crippen LogP contribution in [-0.4, -0.2) is 5.11 Å². The van der Waals surface area contributed by atoms with E-state index in [1.54, 1.807) is 6.07 Å². The quantitative estimate of drug-likeness (QED) is 0.737. The van der Waals surface area contributed by atoms with Crippen molar-refractivity contribution in [2.24, 2.45) is 17.8 Å². The first-order chi connectivity index (χ1) is 8.23. The molecule has 2 nitrogen and oxygen atoms in total. The highest BCUT2D eigenvalue weighted by Gasteiger charge is 2.56. The molecule has 0 radical (unpaired) electrons.